The molecule has 0 N–H and O–H groups in total. The molecule has 0 aliphatic rings. The molecule has 0 aromatic heterocycles. The molecule has 0 spiro atoms. The fraction of sp³-hybridized carbons (Fsp3) is 0.519. The molecule has 0 aliphatic heterocycles. The lowest BCUT2D eigenvalue weighted by Gasteiger charge is -2.18. The molecular weight excluding hydrogens is 386 g/mol. The van der Waals surface area contributed by atoms with Gasteiger partial charge >= 0.3 is 0 Å². The van der Waals surface area contributed by atoms with Crippen molar-refractivity contribution in [3.05, 3.63) is 60.2 Å². The van der Waals surface area contributed by atoms with Crippen molar-refractivity contribution in [2.45, 2.75) is 70.9 Å². The zero-order valence-corrected chi connectivity index (χ0v) is 19.5. The Labute approximate surface area is 188 Å². The first-order chi connectivity index (χ1) is 15.1. The summed E-state index contributed by atoms with van der Waals surface area (Å²) in [5, 5.41) is 0. The lowest BCUT2D eigenvalue weighted by Crippen LogP contribution is -2.32. The van der Waals surface area contributed by atoms with Crippen LogP contribution in [0.25, 0.3) is 0 Å². The summed E-state index contributed by atoms with van der Waals surface area (Å²) in [7, 11) is 3.92. The summed E-state index contributed by atoms with van der Waals surface area (Å²) >= 11 is 0. The second-order valence-electron chi connectivity index (χ2n) is 8.42. The summed E-state index contributed by atoms with van der Waals surface area (Å²) in [5.41, 5.74) is 1.16. The van der Waals surface area contributed by atoms with Crippen LogP contribution in [0.2, 0.25) is 0 Å². The number of Topliss-reactive ketones (excluding diaryl/α,β-unsaturated/α-hetero) is 1. The Hall–Kier alpha value is -2.33. The van der Waals surface area contributed by atoms with E-state index in [-0.39, 0.29) is 6.04 Å². The molecule has 2 rings (SSSR count). The fourth-order valence-electron chi connectivity index (χ4n) is 3.35. The molecule has 1 atom stereocenters. The van der Waals surface area contributed by atoms with Gasteiger partial charge < -0.3 is 9.47 Å². The quantitative estimate of drug-likeness (QED) is 0.297. The topological polar surface area (TPSA) is 38.8 Å². The molecule has 0 amide bonds. The summed E-state index contributed by atoms with van der Waals surface area (Å²) < 4.78 is 11.6. The van der Waals surface area contributed by atoms with Gasteiger partial charge in [-0.15, -0.1) is 0 Å². The minimum Gasteiger partial charge on any atom is -0.494 e. The minimum atomic E-state index is 0.0398. The van der Waals surface area contributed by atoms with Crippen LogP contribution in [-0.4, -0.2) is 37.4 Å². The molecule has 0 radical (unpaired) electrons. The van der Waals surface area contributed by atoms with Crippen molar-refractivity contribution in [1.82, 2.24) is 4.90 Å². The van der Waals surface area contributed by atoms with Crippen LogP contribution in [0.5, 0.6) is 11.5 Å². The molecule has 170 valence electrons. The van der Waals surface area contributed by atoms with Crippen molar-refractivity contribution in [2.24, 2.45) is 0 Å². The van der Waals surface area contributed by atoms with Crippen LogP contribution in [0, 0.1) is 0 Å². The van der Waals surface area contributed by atoms with Crippen LogP contribution in [0.3, 0.4) is 0 Å². The number of unbranched alkanes of at least 4 members (excludes halogenated alkanes) is 6. The van der Waals surface area contributed by atoms with Gasteiger partial charge in [0.1, 0.15) is 23.9 Å². The highest BCUT2D eigenvalue weighted by atomic mass is 16.5. The average molecular weight is 426 g/mol. The predicted molar refractivity (Wildman–Crippen MR) is 128 cm³/mol. The number of hydrogen-bond acceptors (Lipinski definition) is 4. The van der Waals surface area contributed by atoms with Gasteiger partial charge in [-0.25, -0.2) is 0 Å². The summed E-state index contributed by atoms with van der Waals surface area (Å²) in [5.74, 6) is 2.11. The van der Waals surface area contributed by atoms with Gasteiger partial charge in [-0.1, -0.05) is 62.4 Å². The zero-order valence-electron chi connectivity index (χ0n) is 19.5. The highest BCUT2D eigenvalue weighted by Crippen LogP contribution is 2.19. The summed E-state index contributed by atoms with van der Waals surface area (Å²) in [6, 6.07) is 18.1. The number of nitrogens with zero attached hydrogens (tertiary/aromatic N) is 1. The van der Waals surface area contributed by atoms with Gasteiger partial charge in [0.05, 0.1) is 12.6 Å². The molecule has 0 bridgehead atoms. The Morgan fingerprint density at radius 1 is 0.774 bits per heavy atom. The van der Waals surface area contributed by atoms with E-state index in [1.165, 1.54) is 25.7 Å². The van der Waals surface area contributed by atoms with Crippen LogP contribution in [-0.2, 0) is 11.4 Å². The Morgan fingerprint density at radius 2 is 1.32 bits per heavy atom. The second-order valence-corrected chi connectivity index (χ2v) is 8.42. The van der Waals surface area contributed by atoms with E-state index in [9.17, 15) is 4.79 Å². The Bertz CT molecular complexity index is 728. The number of ether oxygens (including phenoxy) is 2. The molecule has 1 unspecified atom stereocenters. The minimum absolute atomic E-state index is 0.0398. The molecule has 0 fully saturated rings. The number of carbonyl (C=O) groups is 1. The maximum absolute atomic E-state index is 12.0. The lowest BCUT2D eigenvalue weighted by molar-refractivity contribution is -0.123. The van der Waals surface area contributed by atoms with E-state index in [1.807, 2.05) is 68.4 Å². The molecule has 0 saturated carbocycles. The van der Waals surface area contributed by atoms with Gasteiger partial charge in [-0.05, 0) is 63.7 Å². The summed E-state index contributed by atoms with van der Waals surface area (Å²) in [6.07, 6.45) is 8.84. The van der Waals surface area contributed by atoms with Crippen molar-refractivity contribution in [2.75, 3.05) is 20.7 Å². The van der Waals surface area contributed by atoms with Gasteiger partial charge in [-0.2, -0.15) is 0 Å². The second kappa shape index (κ2) is 14.6. The van der Waals surface area contributed by atoms with E-state index >= 15 is 0 Å². The zero-order chi connectivity index (χ0) is 22.3. The van der Waals surface area contributed by atoms with Crippen LogP contribution >= 0.6 is 0 Å². The normalized spacial score (nSPS) is 12.0. The third-order valence-corrected chi connectivity index (χ3v) is 5.65. The lowest BCUT2D eigenvalue weighted by atomic mass is 10.0. The highest BCUT2D eigenvalue weighted by Gasteiger charge is 2.13. The molecule has 4 heteroatoms. The Morgan fingerprint density at radius 3 is 1.94 bits per heavy atom. The van der Waals surface area contributed by atoms with Crippen LogP contribution in [0.1, 0.15) is 63.9 Å². The van der Waals surface area contributed by atoms with Crippen molar-refractivity contribution < 1.29 is 14.3 Å². The largest absolute Gasteiger partial charge is 0.494 e. The Balaban J connectivity index is 1.45. The van der Waals surface area contributed by atoms with Crippen molar-refractivity contribution in [1.29, 1.82) is 0 Å². The maximum Gasteiger partial charge on any atom is 0.149 e. The Kier molecular flexibility index (Phi) is 11.8. The van der Waals surface area contributed by atoms with Crippen molar-refractivity contribution in [3.8, 4) is 11.5 Å². The van der Waals surface area contributed by atoms with Crippen LogP contribution in [0.15, 0.2) is 54.6 Å². The predicted octanol–water partition coefficient (Wildman–Crippen LogP) is 6.28. The van der Waals surface area contributed by atoms with E-state index in [0.29, 0.717) is 18.8 Å². The first-order valence-electron chi connectivity index (χ1n) is 11.6. The van der Waals surface area contributed by atoms with Gasteiger partial charge in [-0.3, -0.25) is 9.69 Å². The summed E-state index contributed by atoms with van der Waals surface area (Å²) in [6.45, 7) is 3.31. The average Bonchev–Trinajstić information content (AvgIpc) is 2.79. The van der Waals surface area contributed by atoms with Crippen LogP contribution < -0.4 is 9.47 Å². The monoisotopic (exact) mass is 425 g/mol. The SMILES string of the molecule is CC(C(=O)CCCCCCCCCOc1ccc(OCc2ccccc2)cc1)N(C)C. The van der Waals surface area contributed by atoms with Gasteiger partial charge in [0.2, 0.25) is 0 Å². The number of rotatable bonds is 16. The standard InChI is InChI=1S/C27H39NO3/c1-23(28(2)3)27(29)16-12-7-5-4-6-8-13-21-30-25-17-19-26(20-18-25)31-22-24-14-10-9-11-15-24/h9-11,14-15,17-20,23H,4-8,12-13,16,21-22H2,1-3H3. The molecule has 0 heterocycles. The molecule has 31 heavy (non-hydrogen) atoms. The third kappa shape index (κ3) is 10.5. The molecule has 0 aliphatic carbocycles. The molecule has 2 aromatic carbocycles. The smallest absolute Gasteiger partial charge is 0.149 e. The van der Waals surface area contributed by atoms with Gasteiger partial charge in [0.25, 0.3) is 0 Å². The number of likely N-dealkylation sites (N-methyl/N-ethyl adjacent to an activating group) is 1. The highest BCUT2D eigenvalue weighted by molar-refractivity contribution is 5.83. The van der Waals surface area contributed by atoms with Crippen molar-refractivity contribution in [3.63, 3.8) is 0 Å². The first-order valence-corrected chi connectivity index (χ1v) is 11.6. The molecular formula is C27H39NO3. The van der Waals surface area contributed by atoms with Crippen LogP contribution in [0.4, 0.5) is 0 Å². The van der Waals surface area contributed by atoms with Gasteiger partial charge in [0.15, 0.2) is 0 Å². The maximum atomic E-state index is 12.0. The van der Waals surface area contributed by atoms with Gasteiger partial charge in [0, 0.05) is 6.42 Å². The van der Waals surface area contributed by atoms with E-state index in [2.05, 4.69) is 12.1 Å². The fourth-order valence-corrected chi connectivity index (χ4v) is 3.35. The number of carbonyl (C=O) groups excluding carboxylic acids is 1. The number of hydrogen-bond donors (Lipinski definition) is 0. The number of ketones is 1. The third-order valence-electron chi connectivity index (χ3n) is 5.65. The van der Waals surface area contributed by atoms with E-state index in [1.54, 1.807) is 0 Å². The first kappa shape index (κ1) is 24.9. The van der Waals surface area contributed by atoms with E-state index < -0.39 is 0 Å². The van der Waals surface area contributed by atoms with Crippen molar-refractivity contribution >= 4 is 5.78 Å². The molecule has 2 aromatic rings. The summed E-state index contributed by atoms with van der Waals surface area (Å²) in [4.78, 5) is 13.9. The molecule has 4 nitrogen and oxygen atoms in total. The number of benzene rings is 2. The molecule has 0 saturated heterocycles. The van der Waals surface area contributed by atoms with E-state index in [4.69, 9.17) is 9.47 Å². The van der Waals surface area contributed by atoms with E-state index in [0.717, 1.165) is 42.9 Å².